The summed E-state index contributed by atoms with van der Waals surface area (Å²) in [5.74, 6) is 0.0369. The van der Waals surface area contributed by atoms with Gasteiger partial charge in [-0.05, 0) is 0 Å². The van der Waals surface area contributed by atoms with Crippen LogP contribution in [0.5, 0.6) is 0 Å². The van der Waals surface area contributed by atoms with Gasteiger partial charge in [0.15, 0.2) is 0 Å². The molecule has 2 heterocycles. The Kier molecular flexibility index (Phi) is 6.61. The third kappa shape index (κ3) is 4.62. The number of amides is 1. The van der Waals surface area contributed by atoms with Gasteiger partial charge >= 0.3 is 190 Å². The van der Waals surface area contributed by atoms with E-state index >= 15 is 0 Å². The Labute approximate surface area is 189 Å². The molecule has 3 rings (SSSR count). The third-order valence-corrected chi connectivity index (χ3v) is 14.1. The molecule has 0 fully saturated rings. The van der Waals surface area contributed by atoms with E-state index < -0.39 is 8.32 Å². The molecule has 1 atom stereocenters. The zero-order valence-electron chi connectivity index (χ0n) is 17.7. The van der Waals surface area contributed by atoms with Gasteiger partial charge < -0.3 is 0 Å². The molecule has 29 heavy (non-hydrogen) atoms. The first kappa shape index (κ1) is 22.5. The second-order valence-corrected chi connectivity index (χ2v) is 16.6. The van der Waals surface area contributed by atoms with Crippen LogP contribution in [0.3, 0.4) is 0 Å². The van der Waals surface area contributed by atoms with Crippen LogP contribution in [-0.4, -0.2) is 46.3 Å². The van der Waals surface area contributed by atoms with Crippen molar-refractivity contribution in [1.82, 2.24) is 4.90 Å². The van der Waals surface area contributed by atoms with Gasteiger partial charge in [-0.25, -0.2) is 0 Å². The maximum absolute atomic E-state index is 13.3. The summed E-state index contributed by atoms with van der Waals surface area (Å²) >= 11 is 3.66. The standard InChI is InChI=1S/C23H28BrNO2SeSi/c1-7-17-14-16(15-27-29(5,6)23(2,3)4)12-13-25(17)22(26)21-20(24)18-10-8-9-11-19(18)28-21/h7-14,17H,1,15H2,2-6H3. The first-order valence-electron chi connectivity index (χ1n) is 9.70. The van der Waals surface area contributed by atoms with Crippen LogP contribution in [0.25, 0.3) is 9.65 Å². The average Bonchev–Trinajstić information content (AvgIpc) is 3.01. The molecule has 3 nitrogen and oxygen atoms in total. The number of hydrogen-bond donors (Lipinski definition) is 0. The molecule has 0 bridgehead atoms. The Hall–Kier alpha value is -1.17. The van der Waals surface area contributed by atoms with E-state index in [0.717, 1.165) is 19.9 Å². The molecule has 0 radical (unpaired) electrons. The van der Waals surface area contributed by atoms with Crippen LogP contribution >= 0.6 is 15.9 Å². The van der Waals surface area contributed by atoms with Gasteiger partial charge in [-0.1, -0.05) is 0 Å². The van der Waals surface area contributed by atoms with Crippen molar-refractivity contribution < 1.29 is 9.22 Å². The van der Waals surface area contributed by atoms with Gasteiger partial charge in [0.2, 0.25) is 0 Å². The van der Waals surface area contributed by atoms with Gasteiger partial charge in [0.05, 0.1) is 0 Å². The Morgan fingerprint density at radius 3 is 2.66 bits per heavy atom. The predicted molar refractivity (Wildman–Crippen MR) is 129 cm³/mol. The van der Waals surface area contributed by atoms with Crippen LogP contribution in [-0.2, 0) is 4.43 Å². The van der Waals surface area contributed by atoms with Gasteiger partial charge in [-0.2, -0.15) is 0 Å². The maximum atomic E-state index is 13.3. The number of hydrogen-bond acceptors (Lipinski definition) is 2. The van der Waals surface area contributed by atoms with Gasteiger partial charge in [0, 0.05) is 0 Å². The van der Waals surface area contributed by atoms with Gasteiger partial charge in [0.1, 0.15) is 0 Å². The molecule has 0 N–H and O–H groups in total. The summed E-state index contributed by atoms with van der Waals surface area (Å²) in [6.07, 6.45) is 7.78. The molecule has 1 amide bonds. The summed E-state index contributed by atoms with van der Waals surface area (Å²) in [7, 11) is -1.82. The monoisotopic (exact) mass is 537 g/mol. The van der Waals surface area contributed by atoms with E-state index in [1.165, 1.54) is 4.26 Å². The molecule has 0 saturated carbocycles. The summed E-state index contributed by atoms with van der Waals surface area (Å²) in [6.45, 7) is 15.8. The summed E-state index contributed by atoms with van der Waals surface area (Å²) in [4.78, 5) is 15.1. The molecule has 6 heteroatoms. The van der Waals surface area contributed by atoms with Gasteiger partial charge in [-0.15, -0.1) is 0 Å². The van der Waals surface area contributed by atoms with E-state index in [2.05, 4.69) is 74.6 Å². The first-order chi connectivity index (χ1) is 13.5. The summed E-state index contributed by atoms with van der Waals surface area (Å²) in [5, 5.41) is 1.30. The van der Waals surface area contributed by atoms with Crippen LogP contribution in [0.15, 0.2) is 65.3 Å². The van der Waals surface area contributed by atoms with Crippen LogP contribution in [0.1, 0.15) is 30.0 Å². The number of halogens is 1. The number of carbonyl (C=O) groups is 1. The fourth-order valence-corrected chi connectivity index (χ4v) is 7.23. The molecule has 1 aromatic heterocycles. The van der Waals surface area contributed by atoms with E-state index in [9.17, 15) is 4.79 Å². The van der Waals surface area contributed by atoms with Crippen molar-refractivity contribution in [2.24, 2.45) is 0 Å². The van der Waals surface area contributed by atoms with Crippen LogP contribution in [0.4, 0.5) is 0 Å². The molecule has 1 unspecified atom stereocenters. The Bertz CT molecular complexity index is 1000. The first-order valence-corrected chi connectivity index (χ1v) is 15.1. The van der Waals surface area contributed by atoms with E-state index in [-0.39, 0.29) is 31.5 Å². The molecule has 0 aliphatic carbocycles. The molecular formula is C23H28BrNO2SeSi. The quantitative estimate of drug-likeness (QED) is 0.339. The summed E-state index contributed by atoms with van der Waals surface area (Å²) < 4.78 is 9.36. The van der Waals surface area contributed by atoms with Crippen molar-refractivity contribution in [1.29, 1.82) is 0 Å². The van der Waals surface area contributed by atoms with Gasteiger partial charge in [0.25, 0.3) is 0 Å². The molecule has 154 valence electrons. The van der Waals surface area contributed by atoms with Crippen molar-refractivity contribution >= 4 is 54.3 Å². The SMILES string of the molecule is C=CC1C=C(CO[Si](C)(C)C(C)(C)C)C=CN1C(=O)c1[se]c2ccccc2c1Br. The Morgan fingerprint density at radius 1 is 1.34 bits per heavy atom. The van der Waals surface area contributed by atoms with Crippen molar-refractivity contribution in [3.05, 3.63) is 69.8 Å². The minimum atomic E-state index is -1.82. The number of carbonyl (C=O) groups excluding carboxylic acids is 1. The second-order valence-electron chi connectivity index (χ2n) is 8.79. The number of fused-ring (bicyclic) bond motifs is 1. The zero-order valence-corrected chi connectivity index (χ0v) is 22.0. The number of rotatable bonds is 5. The number of benzene rings is 1. The predicted octanol–water partition coefficient (Wildman–Crippen LogP) is 6.13. The van der Waals surface area contributed by atoms with Crippen molar-refractivity contribution in [3.8, 4) is 0 Å². The summed E-state index contributed by atoms with van der Waals surface area (Å²) in [6, 6.07) is 8.03. The molecular weight excluding hydrogens is 509 g/mol. The fourth-order valence-electron chi connectivity index (χ4n) is 2.86. The molecule has 0 saturated heterocycles. The second kappa shape index (κ2) is 8.52. The van der Waals surface area contributed by atoms with E-state index in [4.69, 9.17) is 4.43 Å². The van der Waals surface area contributed by atoms with Crippen molar-refractivity contribution in [2.45, 2.75) is 44.9 Å². The Morgan fingerprint density at radius 2 is 2.03 bits per heavy atom. The minimum absolute atomic E-state index is 0.00149. The van der Waals surface area contributed by atoms with Crippen LogP contribution in [0.2, 0.25) is 18.1 Å². The normalized spacial score (nSPS) is 17.5. The zero-order chi connectivity index (χ0) is 21.4. The van der Waals surface area contributed by atoms with Crippen molar-refractivity contribution in [2.75, 3.05) is 6.61 Å². The van der Waals surface area contributed by atoms with Gasteiger partial charge in [-0.3, -0.25) is 0 Å². The van der Waals surface area contributed by atoms with E-state index in [1.807, 2.05) is 30.5 Å². The molecule has 1 aliphatic rings. The average molecular weight is 537 g/mol. The van der Waals surface area contributed by atoms with E-state index in [0.29, 0.717) is 6.61 Å². The third-order valence-electron chi connectivity index (χ3n) is 5.77. The molecule has 1 aliphatic heterocycles. The van der Waals surface area contributed by atoms with Crippen LogP contribution < -0.4 is 0 Å². The van der Waals surface area contributed by atoms with E-state index in [1.54, 1.807) is 4.90 Å². The molecule has 0 spiro atoms. The van der Waals surface area contributed by atoms with Crippen molar-refractivity contribution in [3.63, 3.8) is 0 Å². The Balaban J connectivity index is 1.79. The number of nitrogens with zero attached hydrogens (tertiary/aromatic N) is 1. The molecule has 1 aromatic carbocycles. The summed E-state index contributed by atoms with van der Waals surface area (Å²) in [5.41, 5.74) is 1.09. The molecule has 2 aromatic rings. The van der Waals surface area contributed by atoms with Crippen LogP contribution in [0, 0.1) is 0 Å². The topological polar surface area (TPSA) is 29.5 Å². The fraction of sp³-hybridized carbons (Fsp3) is 0.348.